The van der Waals surface area contributed by atoms with Crippen LogP contribution in [0, 0.1) is 0 Å². The Kier molecular flexibility index (Phi) is 6.00. The van der Waals surface area contributed by atoms with E-state index >= 15 is 0 Å². The van der Waals surface area contributed by atoms with Crippen LogP contribution < -0.4 is 5.32 Å². The molecule has 0 spiro atoms. The standard InChI is InChI=1S/C11H18N2OS/c1-2-3-4-5-10(14)12-7-6-11-13-8-9-15-11/h8-9H,2-7H2,1H3,(H,12,14). The Balaban J connectivity index is 2.02. The molecule has 1 aromatic heterocycles. The van der Waals surface area contributed by atoms with Gasteiger partial charge in [-0.25, -0.2) is 4.98 Å². The fraction of sp³-hybridized carbons (Fsp3) is 0.636. The Morgan fingerprint density at radius 3 is 3.07 bits per heavy atom. The number of nitrogens with zero attached hydrogens (tertiary/aromatic N) is 1. The summed E-state index contributed by atoms with van der Waals surface area (Å²) in [5.41, 5.74) is 0. The highest BCUT2D eigenvalue weighted by atomic mass is 32.1. The molecule has 0 unspecified atom stereocenters. The predicted molar refractivity (Wildman–Crippen MR) is 63.0 cm³/mol. The van der Waals surface area contributed by atoms with Crippen molar-refractivity contribution in [1.82, 2.24) is 10.3 Å². The van der Waals surface area contributed by atoms with E-state index in [2.05, 4.69) is 17.2 Å². The summed E-state index contributed by atoms with van der Waals surface area (Å²) in [7, 11) is 0. The van der Waals surface area contributed by atoms with Gasteiger partial charge >= 0.3 is 0 Å². The van der Waals surface area contributed by atoms with E-state index in [0.29, 0.717) is 13.0 Å². The summed E-state index contributed by atoms with van der Waals surface area (Å²) in [6.07, 6.45) is 6.60. The van der Waals surface area contributed by atoms with Crippen LogP contribution in [0.25, 0.3) is 0 Å². The van der Waals surface area contributed by atoms with Crippen molar-refractivity contribution in [1.29, 1.82) is 0 Å². The number of nitrogens with one attached hydrogen (secondary N) is 1. The number of carbonyl (C=O) groups excluding carboxylic acids is 1. The van der Waals surface area contributed by atoms with Gasteiger partial charge in [0.1, 0.15) is 0 Å². The van der Waals surface area contributed by atoms with Crippen molar-refractivity contribution in [2.24, 2.45) is 0 Å². The summed E-state index contributed by atoms with van der Waals surface area (Å²) >= 11 is 1.63. The number of rotatable bonds is 7. The first-order chi connectivity index (χ1) is 7.33. The molecule has 0 aliphatic rings. The lowest BCUT2D eigenvalue weighted by Gasteiger charge is -2.02. The van der Waals surface area contributed by atoms with Crippen molar-refractivity contribution in [3.63, 3.8) is 0 Å². The van der Waals surface area contributed by atoms with Crippen LogP contribution in [-0.2, 0) is 11.2 Å². The van der Waals surface area contributed by atoms with Gasteiger partial charge < -0.3 is 5.32 Å². The third-order valence-electron chi connectivity index (χ3n) is 2.15. The van der Waals surface area contributed by atoms with E-state index in [9.17, 15) is 4.79 Å². The maximum absolute atomic E-state index is 11.3. The zero-order valence-corrected chi connectivity index (χ0v) is 9.98. The van der Waals surface area contributed by atoms with Crippen LogP contribution >= 0.6 is 11.3 Å². The molecular formula is C11H18N2OS. The van der Waals surface area contributed by atoms with Crippen LogP contribution in [0.3, 0.4) is 0 Å². The van der Waals surface area contributed by atoms with E-state index in [4.69, 9.17) is 0 Å². The molecule has 0 bridgehead atoms. The molecule has 0 radical (unpaired) electrons. The maximum atomic E-state index is 11.3. The molecule has 0 fully saturated rings. The zero-order valence-electron chi connectivity index (χ0n) is 9.16. The molecule has 1 heterocycles. The van der Waals surface area contributed by atoms with Gasteiger partial charge in [0.2, 0.25) is 5.91 Å². The largest absolute Gasteiger partial charge is 0.356 e. The van der Waals surface area contributed by atoms with Gasteiger partial charge in [0.15, 0.2) is 0 Å². The normalized spacial score (nSPS) is 10.2. The van der Waals surface area contributed by atoms with Crippen molar-refractivity contribution in [2.45, 2.75) is 39.0 Å². The predicted octanol–water partition coefficient (Wildman–Crippen LogP) is 2.38. The Bertz CT molecular complexity index is 272. The van der Waals surface area contributed by atoms with Gasteiger partial charge in [-0.3, -0.25) is 4.79 Å². The average Bonchev–Trinajstić information content (AvgIpc) is 2.71. The summed E-state index contributed by atoms with van der Waals surface area (Å²) < 4.78 is 0. The van der Waals surface area contributed by atoms with E-state index < -0.39 is 0 Å². The first-order valence-corrected chi connectivity index (χ1v) is 6.36. The zero-order chi connectivity index (χ0) is 10.9. The topological polar surface area (TPSA) is 42.0 Å². The molecule has 0 aliphatic heterocycles. The van der Waals surface area contributed by atoms with Crippen molar-refractivity contribution in [3.8, 4) is 0 Å². The fourth-order valence-corrected chi connectivity index (χ4v) is 1.93. The lowest BCUT2D eigenvalue weighted by Crippen LogP contribution is -2.25. The van der Waals surface area contributed by atoms with E-state index in [1.54, 1.807) is 17.5 Å². The van der Waals surface area contributed by atoms with Gasteiger partial charge in [-0.05, 0) is 6.42 Å². The summed E-state index contributed by atoms with van der Waals surface area (Å²) in [6.45, 7) is 2.85. The Labute approximate surface area is 94.9 Å². The van der Waals surface area contributed by atoms with E-state index in [1.165, 1.54) is 0 Å². The number of aromatic nitrogens is 1. The third-order valence-corrected chi connectivity index (χ3v) is 2.99. The first-order valence-electron chi connectivity index (χ1n) is 5.48. The Hall–Kier alpha value is -0.900. The molecule has 15 heavy (non-hydrogen) atoms. The van der Waals surface area contributed by atoms with Crippen molar-refractivity contribution in [2.75, 3.05) is 6.54 Å². The highest BCUT2D eigenvalue weighted by Crippen LogP contribution is 2.03. The van der Waals surface area contributed by atoms with Crippen molar-refractivity contribution < 1.29 is 4.79 Å². The summed E-state index contributed by atoms with van der Waals surface area (Å²) in [4.78, 5) is 15.5. The van der Waals surface area contributed by atoms with Gasteiger partial charge in [0, 0.05) is 31.0 Å². The SMILES string of the molecule is CCCCCC(=O)NCCc1nccs1. The Morgan fingerprint density at radius 1 is 1.53 bits per heavy atom. The van der Waals surface area contributed by atoms with Crippen LogP contribution in [0.2, 0.25) is 0 Å². The lowest BCUT2D eigenvalue weighted by atomic mass is 10.2. The van der Waals surface area contributed by atoms with Crippen LogP contribution in [0.5, 0.6) is 0 Å². The number of hydrogen-bond acceptors (Lipinski definition) is 3. The summed E-state index contributed by atoms with van der Waals surface area (Å²) in [6, 6.07) is 0. The molecule has 1 aromatic rings. The fourth-order valence-electron chi connectivity index (χ4n) is 1.31. The van der Waals surface area contributed by atoms with Crippen LogP contribution in [0.4, 0.5) is 0 Å². The van der Waals surface area contributed by atoms with Gasteiger partial charge in [-0.1, -0.05) is 19.8 Å². The lowest BCUT2D eigenvalue weighted by molar-refractivity contribution is -0.121. The molecule has 84 valence electrons. The van der Waals surface area contributed by atoms with Gasteiger partial charge in [0.25, 0.3) is 0 Å². The van der Waals surface area contributed by atoms with E-state index in [-0.39, 0.29) is 5.91 Å². The average molecular weight is 226 g/mol. The molecule has 0 aromatic carbocycles. The number of amides is 1. The Morgan fingerprint density at radius 2 is 2.40 bits per heavy atom. The quantitative estimate of drug-likeness (QED) is 0.725. The van der Waals surface area contributed by atoms with Gasteiger partial charge in [-0.2, -0.15) is 0 Å². The molecule has 0 saturated heterocycles. The number of hydrogen-bond donors (Lipinski definition) is 1. The third kappa shape index (κ3) is 5.52. The summed E-state index contributed by atoms with van der Waals surface area (Å²) in [5.74, 6) is 0.167. The van der Waals surface area contributed by atoms with Crippen LogP contribution in [-0.4, -0.2) is 17.4 Å². The molecule has 0 saturated carbocycles. The monoisotopic (exact) mass is 226 g/mol. The summed E-state index contributed by atoms with van der Waals surface area (Å²) in [5, 5.41) is 5.95. The second kappa shape index (κ2) is 7.40. The first kappa shape index (κ1) is 12.2. The van der Waals surface area contributed by atoms with Crippen LogP contribution in [0.15, 0.2) is 11.6 Å². The second-order valence-corrected chi connectivity index (χ2v) is 4.46. The molecule has 0 atom stereocenters. The number of unbranched alkanes of at least 4 members (excludes halogenated alkanes) is 2. The molecule has 1 rings (SSSR count). The minimum atomic E-state index is 0.167. The van der Waals surface area contributed by atoms with E-state index in [0.717, 1.165) is 30.7 Å². The minimum absolute atomic E-state index is 0.167. The van der Waals surface area contributed by atoms with Gasteiger partial charge in [0.05, 0.1) is 5.01 Å². The highest BCUT2D eigenvalue weighted by Gasteiger charge is 2.00. The van der Waals surface area contributed by atoms with Gasteiger partial charge in [-0.15, -0.1) is 11.3 Å². The highest BCUT2D eigenvalue weighted by molar-refractivity contribution is 7.09. The van der Waals surface area contributed by atoms with Crippen molar-refractivity contribution >= 4 is 17.2 Å². The molecule has 4 heteroatoms. The molecular weight excluding hydrogens is 208 g/mol. The maximum Gasteiger partial charge on any atom is 0.220 e. The molecule has 1 N–H and O–H groups in total. The van der Waals surface area contributed by atoms with Crippen molar-refractivity contribution in [3.05, 3.63) is 16.6 Å². The molecule has 3 nitrogen and oxygen atoms in total. The number of carbonyl (C=O) groups is 1. The van der Waals surface area contributed by atoms with E-state index in [1.807, 2.05) is 5.38 Å². The molecule has 0 aliphatic carbocycles. The second-order valence-electron chi connectivity index (χ2n) is 3.48. The van der Waals surface area contributed by atoms with Crippen LogP contribution in [0.1, 0.15) is 37.6 Å². The minimum Gasteiger partial charge on any atom is -0.356 e. The molecule has 1 amide bonds. The smallest absolute Gasteiger partial charge is 0.220 e. The number of thiazole rings is 1.